The molecule has 0 unspecified atom stereocenters. The van der Waals surface area contributed by atoms with E-state index in [0.717, 1.165) is 36.2 Å². The fraction of sp³-hybridized carbons (Fsp3) is 0.300. The minimum Gasteiger partial charge on any atom is -0.352 e. The monoisotopic (exact) mass is 376 g/mol. The minimum atomic E-state index is -4.44. The molecule has 0 aliphatic carbocycles. The van der Waals surface area contributed by atoms with Gasteiger partial charge in [0.05, 0.1) is 5.56 Å². The summed E-state index contributed by atoms with van der Waals surface area (Å²) in [6.07, 6.45) is -3.48. The normalized spacial score (nSPS) is 13.8. The van der Waals surface area contributed by atoms with Crippen LogP contribution in [0.5, 0.6) is 0 Å². The molecule has 0 fully saturated rings. The summed E-state index contributed by atoms with van der Waals surface area (Å²) < 4.78 is 37.6. The molecule has 2 aromatic carbocycles. The number of rotatable bonds is 4. The molecule has 1 N–H and O–H groups in total. The third-order valence-electron chi connectivity index (χ3n) is 4.58. The molecule has 142 valence electrons. The molecule has 27 heavy (non-hydrogen) atoms. The summed E-state index contributed by atoms with van der Waals surface area (Å²) in [5, 5.41) is 2.58. The third-order valence-corrected chi connectivity index (χ3v) is 4.58. The Bertz CT molecular complexity index is 832. The number of carbonyl (C=O) groups excluding carboxylic acids is 2. The highest BCUT2D eigenvalue weighted by Gasteiger charge is 2.30. The molecule has 0 atom stereocenters. The van der Waals surface area contributed by atoms with E-state index in [9.17, 15) is 22.8 Å². The van der Waals surface area contributed by atoms with E-state index in [1.165, 1.54) is 5.56 Å². The summed E-state index contributed by atoms with van der Waals surface area (Å²) in [7, 11) is 0. The molecule has 0 spiro atoms. The van der Waals surface area contributed by atoms with Gasteiger partial charge in [-0.3, -0.25) is 9.59 Å². The molecule has 7 heteroatoms. The number of fused-ring (bicyclic) bond motifs is 1. The lowest BCUT2D eigenvalue weighted by molar-refractivity contribution is -0.137. The lowest BCUT2D eigenvalue weighted by Crippen LogP contribution is -2.38. The van der Waals surface area contributed by atoms with E-state index in [0.29, 0.717) is 13.1 Å². The van der Waals surface area contributed by atoms with Crippen LogP contribution in [0.25, 0.3) is 0 Å². The maximum absolute atomic E-state index is 12.5. The predicted molar refractivity (Wildman–Crippen MR) is 94.0 cm³/mol. The Morgan fingerprint density at radius 2 is 1.67 bits per heavy atom. The average Bonchev–Trinajstić information content (AvgIpc) is 2.66. The van der Waals surface area contributed by atoms with E-state index in [2.05, 4.69) is 11.4 Å². The lowest BCUT2D eigenvalue weighted by Gasteiger charge is -2.29. The maximum atomic E-state index is 12.5. The van der Waals surface area contributed by atoms with Crippen molar-refractivity contribution in [2.45, 2.75) is 25.6 Å². The zero-order chi connectivity index (χ0) is 19.4. The Labute approximate surface area is 155 Å². The lowest BCUT2D eigenvalue weighted by atomic mass is 10.00. The van der Waals surface area contributed by atoms with E-state index >= 15 is 0 Å². The van der Waals surface area contributed by atoms with Crippen LogP contribution in [0.4, 0.5) is 13.2 Å². The molecule has 4 nitrogen and oxygen atoms in total. The van der Waals surface area contributed by atoms with Crippen LogP contribution in [-0.4, -0.2) is 29.8 Å². The Hall–Kier alpha value is -2.83. The van der Waals surface area contributed by atoms with Gasteiger partial charge in [0.2, 0.25) is 5.91 Å². The van der Waals surface area contributed by atoms with Crippen LogP contribution in [0.15, 0.2) is 48.5 Å². The second kappa shape index (κ2) is 7.82. The summed E-state index contributed by atoms with van der Waals surface area (Å²) in [4.78, 5) is 26.1. The first-order chi connectivity index (χ1) is 12.8. The largest absolute Gasteiger partial charge is 0.416 e. The molecule has 3 rings (SSSR count). The summed E-state index contributed by atoms with van der Waals surface area (Å²) in [5.41, 5.74) is 1.70. The second-order valence-corrected chi connectivity index (χ2v) is 6.42. The van der Waals surface area contributed by atoms with Crippen molar-refractivity contribution in [1.82, 2.24) is 10.2 Å². The van der Waals surface area contributed by atoms with Crippen LogP contribution >= 0.6 is 0 Å². The van der Waals surface area contributed by atoms with Gasteiger partial charge >= 0.3 is 6.18 Å². The van der Waals surface area contributed by atoms with Crippen LogP contribution in [0.2, 0.25) is 0 Å². The molecule has 1 heterocycles. The molecular weight excluding hydrogens is 357 g/mol. The van der Waals surface area contributed by atoms with Crippen molar-refractivity contribution in [3.63, 3.8) is 0 Å². The van der Waals surface area contributed by atoms with Crippen LogP contribution in [0.3, 0.4) is 0 Å². The summed E-state index contributed by atoms with van der Waals surface area (Å²) in [6.45, 7) is 1.33. The second-order valence-electron chi connectivity index (χ2n) is 6.42. The Morgan fingerprint density at radius 1 is 1.00 bits per heavy atom. The van der Waals surface area contributed by atoms with Gasteiger partial charge in [0.25, 0.3) is 5.91 Å². The van der Waals surface area contributed by atoms with Gasteiger partial charge in [-0.1, -0.05) is 24.3 Å². The number of hydrogen-bond acceptors (Lipinski definition) is 2. The first-order valence-corrected chi connectivity index (χ1v) is 8.64. The van der Waals surface area contributed by atoms with Gasteiger partial charge in [0.1, 0.15) is 0 Å². The molecule has 0 bridgehead atoms. The van der Waals surface area contributed by atoms with E-state index in [4.69, 9.17) is 0 Å². The average molecular weight is 376 g/mol. The van der Waals surface area contributed by atoms with Crippen LogP contribution < -0.4 is 5.32 Å². The number of benzene rings is 2. The van der Waals surface area contributed by atoms with Crippen molar-refractivity contribution in [1.29, 1.82) is 0 Å². The highest BCUT2D eigenvalue weighted by Crippen LogP contribution is 2.29. The smallest absolute Gasteiger partial charge is 0.352 e. The summed E-state index contributed by atoms with van der Waals surface area (Å²) >= 11 is 0. The number of nitrogens with zero attached hydrogens (tertiary/aromatic N) is 1. The third kappa shape index (κ3) is 4.67. The molecule has 0 saturated heterocycles. The van der Waals surface area contributed by atoms with Crippen LogP contribution in [0, 0.1) is 0 Å². The Morgan fingerprint density at radius 3 is 2.33 bits per heavy atom. The molecule has 0 aromatic heterocycles. The fourth-order valence-corrected chi connectivity index (χ4v) is 3.06. The van der Waals surface area contributed by atoms with E-state index in [1.54, 1.807) is 4.90 Å². The topological polar surface area (TPSA) is 49.4 Å². The molecular formula is C20H19F3N2O2. The van der Waals surface area contributed by atoms with Crippen molar-refractivity contribution in [2.24, 2.45) is 0 Å². The van der Waals surface area contributed by atoms with Crippen LogP contribution in [-0.2, 0) is 23.9 Å². The SMILES string of the molecule is O=C(NCCC(=O)N1CCc2ccccc2C1)c1ccc(C(F)(F)F)cc1. The molecule has 1 aliphatic heterocycles. The standard InChI is InChI=1S/C20H19F3N2O2/c21-20(22,23)17-7-5-15(6-8-17)19(27)24-11-9-18(26)25-12-10-14-3-1-2-4-16(14)13-25/h1-8H,9-13H2,(H,24,27). The van der Waals surface area contributed by atoms with Crippen LogP contribution in [0.1, 0.15) is 33.5 Å². The van der Waals surface area contributed by atoms with Crippen molar-refractivity contribution in [3.05, 3.63) is 70.8 Å². The predicted octanol–water partition coefficient (Wildman–Crippen LogP) is 3.41. The van der Waals surface area contributed by atoms with E-state index in [1.807, 2.05) is 18.2 Å². The number of halogens is 3. The molecule has 2 amide bonds. The van der Waals surface area contributed by atoms with Gasteiger partial charge in [-0.15, -0.1) is 0 Å². The first-order valence-electron chi connectivity index (χ1n) is 8.64. The highest BCUT2D eigenvalue weighted by molar-refractivity contribution is 5.94. The maximum Gasteiger partial charge on any atom is 0.416 e. The van der Waals surface area contributed by atoms with Crippen molar-refractivity contribution in [2.75, 3.05) is 13.1 Å². The number of amides is 2. The number of carbonyl (C=O) groups is 2. The Kier molecular flexibility index (Phi) is 5.48. The van der Waals surface area contributed by atoms with Gasteiger partial charge in [-0.05, 0) is 41.8 Å². The molecule has 0 radical (unpaired) electrons. The number of alkyl halides is 3. The van der Waals surface area contributed by atoms with E-state index in [-0.39, 0.29) is 24.4 Å². The zero-order valence-corrected chi connectivity index (χ0v) is 14.6. The van der Waals surface area contributed by atoms with Gasteiger partial charge in [0.15, 0.2) is 0 Å². The van der Waals surface area contributed by atoms with Gasteiger partial charge < -0.3 is 10.2 Å². The number of hydrogen-bond donors (Lipinski definition) is 1. The molecule has 1 aliphatic rings. The van der Waals surface area contributed by atoms with E-state index < -0.39 is 17.6 Å². The van der Waals surface area contributed by atoms with Gasteiger partial charge in [-0.25, -0.2) is 0 Å². The van der Waals surface area contributed by atoms with Crippen molar-refractivity contribution < 1.29 is 22.8 Å². The first kappa shape index (κ1) is 18.9. The van der Waals surface area contributed by atoms with Crippen molar-refractivity contribution in [3.8, 4) is 0 Å². The van der Waals surface area contributed by atoms with Gasteiger partial charge in [0, 0.05) is 31.6 Å². The minimum absolute atomic E-state index is 0.0581. The van der Waals surface area contributed by atoms with Crippen molar-refractivity contribution >= 4 is 11.8 Å². The quantitative estimate of drug-likeness (QED) is 0.889. The fourth-order valence-electron chi connectivity index (χ4n) is 3.06. The molecule has 0 saturated carbocycles. The van der Waals surface area contributed by atoms with Gasteiger partial charge in [-0.2, -0.15) is 13.2 Å². The summed E-state index contributed by atoms with van der Waals surface area (Å²) in [6, 6.07) is 12.0. The summed E-state index contributed by atoms with van der Waals surface area (Å²) in [5.74, 6) is -0.558. The zero-order valence-electron chi connectivity index (χ0n) is 14.6. The Balaban J connectivity index is 1.48. The molecule has 2 aromatic rings. The number of nitrogens with one attached hydrogen (secondary N) is 1. The highest BCUT2D eigenvalue weighted by atomic mass is 19.4.